The van der Waals surface area contributed by atoms with Crippen LogP contribution in [-0.4, -0.2) is 12.5 Å². The van der Waals surface area contributed by atoms with E-state index < -0.39 is 0 Å². The van der Waals surface area contributed by atoms with Gasteiger partial charge in [0.25, 0.3) is 0 Å². The van der Waals surface area contributed by atoms with Gasteiger partial charge in [0.15, 0.2) is 0 Å². The molecule has 2 rings (SSSR count). The Balaban J connectivity index is 1.96. The molecular formula is C14H11Br2ClN2O. The van der Waals surface area contributed by atoms with E-state index in [1.54, 1.807) is 6.07 Å². The number of carbonyl (C=O) groups is 1. The van der Waals surface area contributed by atoms with Gasteiger partial charge in [0, 0.05) is 8.95 Å². The van der Waals surface area contributed by atoms with Crippen LogP contribution < -0.4 is 10.6 Å². The minimum Gasteiger partial charge on any atom is -0.375 e. The van der Waals surface area contributed by atoms with Gasteiger partial charge in [0.1, 0.15) is 0 Å². The minimum absolute atomic E-state index is 0.136. The molecule has 0 fully saturated rings. The lowest BCUT2D eigenvalue weighted by atomic mass is 10.3. The van der Waals surface area contributed by atoms with Gasteiger partial charge in [0.05, 0.1) is 22.9 Å². The highest BCUT2D eigenvalue weighted by molar-refractivity contribution is 9.10. The second kappa shape index (κ2) is 7.11. The van der Waals surface area contributed by atoms with E-state index in [2.05, 4.69) is 42.5 Å². The molecule has 1 amide bonds. The van der Waals surface area contributed by atoms with Crippen LogP contribution in [0.15, 0.2) is 51.4 Å². The summed E-state index contributed by atoms with van der Waals surface area (Å²) in [5, 5.41) is 6.39. The van der Waals surface area contributed by atoms with Crippen LogP contribution in [0.2, 0.25) is 5.02 Å². The number of hydrogen-bond acceptors (Lipinski definition) is 2. The van der Waals surface area contributed by atoms with Gasteiger partial charge in [-0.3, -0.25) is 4.79 Å². The number of carbonyl (C=O) groups excluding carboxylic acids is 1. The fourth-order valence-corrected chi connectivity index (χ4v) is 2.49. The molecule has 0 radical (unpaired) electrons. The van der Waals surface area contributed by atoms with Gasteiger partial charge in [-0.05, 0) is 46.3 Å². The highest BCUT2D eigenvalue weighted by atomic mass is 79.9. The Hall–Kier alpha value is -1.04. The third kappa shape index (κ3) is 4.23. The van der Waals surface area contributed by atoms with E-state index in [0.717, 1.165) is 14.6 Å². The molecule has 104 valence electrons. The first-order valence-corrected chi connectivity index (χ1v) is 7.76. The highest BCUT2D eigenvalue weighted by Crippen LogP contribution is 2.25. The summed E-state index contributed by atoms with van der Waals surface area (Å²) < 4.78 is 1.74. The maximum atomic E-state index is 11.9. The summed E-state index contributed by atoms with van der Waals surface area (Å²) in [5.41, 5.74) is 1.45. The van der Waals surface area contributed by atoms with Crippen molar-refractivity contribution in [3.05, 3.63) is 56.4 Å². The summed E-state index contributed by atoms with van der Waals surface area (Å²) in [5.74, 6) is -0.145. The second-order valence-electron chi connectivity index (χ2n) is 4.01. The topological polar surface area (TPSA) is 41.1 Å². The third-order valence-corrected chi connectivity index (χ3v) is 4.03. The lowest BCUT2D eigenvalue weighted by molar-refractivity contribution is -0.114. The first-order chi connectivity index (χ1) is 9.56. The first kappa shape index (κ1) is 15.4. The van der Waals surface area contributed by atoms with Crippen molar-refractivity contribution in [1.82, 2.24) is 0 Å². The summed E-state index contributed by atoms with van der Waals surface area (Å²) in [6, 6.07) is 12.9. The van der Waals surface area contributed by atoms with E-state index in [4.69, 9.17) is 11.6 Å². The number of amides is 1. The summed E-state index contributed by atoms with van der Waals surface area (Å²) >= 11 is 12.8. The fourth-order valence-electron chi connectivity index (χ4n) is 1.57. The van der Waals surface area contributed by atoms with Crippen molar-refractivity contribution >= 4 is 60.7 Å². The molecule has 0 spiro atoms. The molecule has 2 aromatic rings. The van der Waals surface area contributed by atoms with Crippen LogP contribution in [0.5, 0.6) is 0 Å². The molecule has 3 nitrogen and oxygen atoms in total. The zero-order valence-corrected chi connectivity index (χ0v) is 14.2. The fraction of sp³-hybridized carbons (Fsp3) is 0.0714. The SMILES string of the molecule is O=C(CNc1cc(Br)ccc1Cl)Nc1ccccc1Br. The van der Waals surface area contributed by atoms with Gasteiger partial charge in [-0.15, -0.1) is 0 Å². The zero-order chi connectivity index (χ0) is 14.5. The van der Waals surface area contributed by atoms with Gasteiger partial charge in [0.2, 0.25) is 5.91 Å². The predicted octanol–water partition coefficient (Wildman–Crippen LogP) is 4.92. The molecule has 0 saturated carbocycles. The molecular weight excluding hydrogens is 407 g/mol. The maximum absolute atomic E-state index is 11.9. The Kier molecular flexibility index (Phi) is 5.46. The van der Waals surface area contributed by atoms with Crippen LogP contribution >= 0.6 is 43.5 Å². The van der Waals surface area contributed by atoms with Crippen molar-refractivity contribution < 1.29 is 4.79 Å². The summed E-state index contributed by atoms with van der Waals surface area (Å²) in [6.45, 7) is 0.136. The Morgan fingerprint density at radius 1 is 1.10 bits per heavy atom. The van der Waals surface area contributed by atoms with E-state index in [1.165, 1.54) is 0 Å². The van der Waals surface area contributed by atoms with Crippen molar-refractivity contribution in [3.8, 4) is 0 Å². The Labute approximate surface area is 139 Å². The van der Waals surface area contributed by atoms with Gasteiger partial charge >= 0.3 is 0 Å². The predicted molar refractivity (Wildman–Crippen MR) is 90.4 cm³/mol. The molecule has 0 bridgehead atoms. The lowest BCUT2D eigenvalue weighted by Crippen LogP contribution is -2.22. The average molecular weight is 419 g/mol. The van der Waals surface area contributed by atoms with E-state index in [0.29, 0.717) is 10.7 Å². The third-order valence-electron chi connectivity index (χ3n) is 2.52. The number of anilines is 2. The Morgan fingerprint density at radius 2 is 1.85 bits per heavy atom. The van der Waals surface area contributed by atoms with Gasteiger partial charge in [-0.25, -0.2) is 0 Å². The lowest BCUT2D eigenvalue weighted by Gasteiger charge is -2.10. The van der Waals surface area contributed by atoms with Crippen LogP contribution in [0.3, 0.4) is 0 Å². The molecule has 2 aromatic carbocycles. The Morgan fingerprint density at radius 3 is 2.60 bits per heavy atom. The molecule has 0 aliphatic heterocycles. The molecule has 2 N–H and O–H groups in total. The van der Waals surface area contributed by atoms with Crippen molar-refractivity contribution in [2.24, 2.45) is 0 Å². The molecule has 6 heteroatoms. The van der Waals surface area contributed by atoms with E-state index in [-0.39, 0.29) is 12.5 Å². The van der Waals surface area contributed by atoms with Crippen molar-refractivity contribution in [3.63, 3.8) is 0 Å². The van der Waals surface area contributed by atoms with Crippen LogP contribution in [0.25, 0.3) is 0 Å². The first-order valence-electron chi connectivity index (χ1n) is 5.79. The number of hydrogen-bond donors (Lipinski definition) is 2. The number of rotatable bonds is 4. The minimum atomic E-state index is -0.145. The average Bonchev–Trinajstić information content (AvgIpc) is 2.42. The number of nitrogens with one attached hydrogen (secondary N) is 2. The largest absolute Gasteiger partial charge is 0.375 e. The number of halogens is 3. The summed E-state index contributed by atoms with van der Waals surface area (Å²) in [6.07, 6.45) is 0. The van der Waals surface area contributed by atoms with E-state index >= 15 is 0 Å². The smallest absolute Gasteiger partial charge is 0.243 e. The van der Waals surface area contributed by atoms with Gasteiger partial charge < -0.3 is 10.6 Å². The monoisotopic (exact) mass is 416 g/mol. The molecule has 0 aliphatic carbocycles. The quantitative estimate of drug-likeness (QED) is 0.740. The van der Waals surface area contributed by atoms with Gasteiger partial charge in [-0.2, -0.15) is 0 Å². The van der Waals surface area contributed by atoms with Crippen LogP contribution in [0.1, 0.15) is 0 Å². The standard InChI is InChI=1S/C14H11Br2ClN2O/c15-9-5-6-11(17)13(7-9)18-8-14(20)19-12-4-2-1-3-10(12)16/h1-7,18H,8H2,(H,19,20). The number of benzene rings is 2. The molecule has 0 atom stereocenters. The van der Waals surface area contributed by atoms with Crippen LogP contribution in [-0.2, 0) is 4.79 Å². The number of para-hydroxylation sites is 1. The molecule has 0 heterocycles. The van der Waals surface area contributed by atoms with Crippen LogP contribution in [0, 0.1) is 0 Å². The zero-order valence-electron chi connectivity index (χ0n) is 10.3. The van der Waals surface area contributed by atoms with Crippen molar-refractivity contribution in [2.75, 3.05) is 17.2 Å². The van der Waals surface area contributed by atoms with Crippen molar-refractivity contribution in [1.29, 1.82) is 0 Å². The second-order valence-corrected chi connectivity index (χ2v) is 6.18. The summed E-state index contributed by atoms with van der Waals surface area (Å²) in [4.78, 5) is 11.9. The molecule has 0 saturated heterocycles. The van der Waals surface area contributed by atoms with E-state index in [9.17, 15) is 4.79 Å². The van der Waals surface area contributed by atoms with Crippen LogP contribution in [0.4, 0.5) is 11.4 Å². The molecule has 0 aromatic heterocycles. The summed E-state index contributed by atoms with van der Waals surface area (Å²) in [7, 11) is 0. The Bertz CT molecular complexity index is 634. The molecule has 20 heavy (non-hydrogen) atoms. The molecule has 0 unspecified atom stereocenters. The van der Waals surface area contributed by atoms with E-state index in [1.807, 2.05) is 36.4 Å². The molecule has 0 aliphatic rings. The maximum Gasteiger partial charge on any atom is 0.243 e. The van der Waals surface area contributed by atoms with Crippen molar-refractivity contribution in [2.45, 2.75) is 0 Å². The normalized spacial score (nSPS) is 10.2. The van der Waals surface area contributed by atoms with Gasteiger partial charge in [-0.1, -0.05) is 39.7 Å². The highest BCUT2D eigenvalue weighted by Gasteiger charge is 2.06.